The summed E-state index contributed by atoms with van der Waals surface area (Å²) in [4.78, 5) is 37.8. The first kappa shape index (κ1) is 20.7. The van der Waals surface area contributed by atoms with Crippen LogP contribution in [-0.4, -0.2) is 53.9 Å². The van der Waals surface area contributed by atoms with Gasteiger partial charge in [0, 0.05) is 33.1 Å². The molecule has 1 saturated heterocycles. The van der Waals surface area contributed by atoms with E-state index in [2.05, 4.69) is 20.2 Å². The topological polar surface area (TPSA) is 78.4 Å². The van der Waals surface area contributed by atoms with Crippen LogP contribution in [0.5, 0.6) is 0 Å². The fourth-order valence-electron chi connectivity index (χ4n) is 3.43. The molecule has 2 amide bonds. The molecule has 7 nitrogen and oxygen atoms in total. The summed E-state index contributed by atoms with van der Waals surface area (Å²) in [6, 6.07) is 4.97. The second-order valence-corrected chi connectivity index (χ2v) is 9.47. The van der Waals surface area contributed by atoms with Gasteiger partial charge in [-0.1, -0.05) is 28.7 Å². The van der Waals surface area contributed by atoms with Crippen molar-refractivity contribution in [1.29, 1.82) is 0 Å². The Morgan fingerprint density at radius 1 is 1.20 bits per heavy atom. The number of carbonyl (C=O) groups excluding carboxylic acids is 2. The third-order valence-electron chi connectivity index (χ3n) is 5.12. The number of piperidine rings is 1. The van der Waals surface area contributed by atoms with Crippen molar-refractivity contribution in [3.05, 3.63) is 34.6 Å². The molecule has 2 aromatic heterocycles. The molecule has 0 radical (unpaired) electrons. The van der Waals surface area contributed by atoms with Crippen molar-refractivity contribution in [3.8, 4) is 0 Å². The van der Waals surface area contributed by atoms with E-state index in [1.165, 1.54) is 33.6 Å². The summed E-state index contributed by atoms with van der Waals surface area (Å²) < 4.78 is 14.7. The van der Waals surface area contributed by atoms with E-state index in [0.29, 0.717) is 47.2 Å². The Bertz CT molecular complexity index is 1100. The number of nitrogens with one attached hydrogen (secondary N) is 1. The summed E-state index contributed by atoms with van der Waals surface area (Å²) in [5.74, 6) is -0.645. The lowest BCUT2D eigenvalue weighted by atomic mass is 9.96. The fraction of sp³-hybridized carbons (Fsp3) is 0.400. The highest BCUT2D eigenvalue weighted by Crippen LogP contribution is 2.33. The smallest absolute Gasteiger partial charge is 0.265 e. The van der Waals surface area contributed by atoms with Crippen LogP contribution in [0.2, 0.25) is 0 Å². The lowest BCUT2D eigenvalue weighted by molar-refractivity contribution is -0.120. The van der Waals surface area contributed by atoms with Crippen molar-refractivity contribution in [2.45, 2.75) is 19.8 Å². The van der Waals surface area contributed by atoms with E-state index in [-0.39, 0.29) is 23.5 Å². The number of carbonyl (C=O) groups is 2. The zero-order valence-corrected chi connectivity index (χ0v) is 18.6. The van der Waals surface area contributed by atoms with Crippen LogP contribution in [0.15, 0.2) is 18.2 Å². The van der Waals surface area contributed by atoms with Crippen LogP contribution in [-0.2, 0) is 4.79 Å². The number of aryl methyl sites for hydroxylation is 1. The molecule has 1 fully saturated rings. The zero-order valence-electron chi connectivity index (χ0n) is 16.9. The number of aromatic nitrogens is 2. The molecule has 4 rings (SSSR count). The average Bonchev–Trinajstić information content (AvgIpc) is 3.32. The molecule has 1 aromatic carbocycles. The third-order valence-corrected chi connectivity index (χ3v) is 7.26. The highest BCUT2D eigenvalue weighted by atomic mass is 32.1. The molecular formula is C20H22FN5O2S2. The van der Waals surface area contributed by atoms with Gasteiger partial charge in [0.2, 0.25) is 5.91 Å². The molecule has 0 unspecified atom stereocenters. The number of rotatable bonds is 4. The third kappa shape index (κ3) is 4.01. The molecule has 0 bridgehead atoms. The van der Waals surface area contributed by atoms with Crippen molar-refractivity contribution >= 4 is 55.0 Å². The molecule has 158 valence electrons. The van der Waals surface area contributed by atoms with Crippen LogP contribution in [0, 0.1) is 18.7 Å². The van der Waals surface area contributed by atoms with Crippen molar-refractivity contribution in [2.24, 2.45) is 5.92 Å². The monoisotopic (exact) mass is 447 g/mol. The molecule has 0 atom stereocenters. The normalized spacial score (nSPS) is 14.9. The maximum Gasteiger partial charge on any atom is 0.265 e. The van der Waals surface area contributed by atoms with Gasteiger partial charge in [0.15, 0.2) is 10.3 Å². The molecule has 0 spiro atoms. The van der Waals surface area contributed by atoms with E-state index in [9.17, 15) is 14.0 Å². The molecule has 1 aliphatic rings. The number of amides is 2. The lowest BCUT2D eigenvalue weighted by Gasteiger charge is -2.30. The molecule has 3 heterocycles. The maximum absolute atomic E-state index is 13.9. The minimum Gasteiger partial charge on any atom is -0.348 e. The van der Waals surface area contributed by atoms with Gasteiger partial charge >= 0.3 is 0 Å². The number of nitrogens with zero attached hydrogens (tertiary/aromatic N) is 4. The first-order chi connectivity index (χ1) is 14.3. The Labute approximate surface area is 181 Å². The summed E-state index contributed by atoms with van der Waals surface area (Å²) in [6.07, 6.45) is 1.36. The van der Waals surface area contributed by atoms with Crippen LogP contribution < -0.4 is 10.2 Å². The van der Waals surface area contributed by atoms with Gasteiger partial charge < -0.3 is 15.1 Å². The van der Waals surface area contributed by atoms with E-state index in [0.717, 1.165) is 9.83 Å². The van der Waals surface area contributed by atoms with Gasteiger partial charge in [0.25, 0.3) is 5.91 Å². The Hall–Kier alpha value is -2.59. The lowest BCUT2D eigenvalue weighted by Crippen LogP contribution is -2.38. The Kier molecular flexibility index (Phi) is 5.70. The number of halogens is 1. The van der Waals surface area contributed by atoms with Crippen LogP contribution >= 0.6 is 22.7 Å². The SMILES string of the molecule is Cc1nc(NC(=O)C2CCN(c3nc4c(F)cccc4s3)CC2)sc1C(=O)N(C)C. The molecule has 1 aliphatic heterocycles. The number of fused-ring (bicyclic) bond motifs is 1. The summed E-state index contributed by atoms with van der Waals surface area (Å²) in [7, 11) is 3.38. The number of benzene rings is 1. The van der Waals surface area contributed by atoms with Gasteiger partial charge in [0.05, 0.1) is 10.4 Å². The summed E-state index contributed by atoms with van der Waals surface area (Å²) in [5.41, 5.74) is 1.02. The average molecular weight is 448 g/mol. The van der Waals surface area contributed by atoms with Crippen molar-refractivity contribution in [1.82, 2.24) is 14.9 Å². The Morgan fingerprint density at radius 2 is 1.93 bits per heavy atom. The van der Waals surface area contributed by atoms with Crippen LogP contribution in [0.25, 0.3) is 10.2 Å². The van der Waals surface area contributed by atoms with E-state index in [4.69, 9.17) is 0 Å². The van der Waals surface area contributed by atoms with E-state index in [1.54, 1.807) is 27.1 Å². The second-order valence-electron chi connectivity index (χ2n) is 7.47. The summed E-state index contributed by atoms with van der Waals surface area (Å²) >= 11 is 2.67. The number of anilines is 2. The van der Waals surface area contributed by atoms with E-state index < -0.39 is 0 Å². The van der Waals surface area contributed by atoms with Crippen LogP contribution in [0.4, 0.5) is 14.7 Å². The predicted molar refractivity (Wildman–Crippen MR) is 118 cm³/mol. The maximum atomic E-state index is 13.9. The minimum atomic E-state index is -0.310. The first-order valence-electron chi connectivity index (χ1n) is 9.63. The Balaban J connectivity index is 1.38. The van der Waals surface area contributed by atoms with Gasteiger partial charge in [-0.2, -0.15) is 0 Å². The van der Waals surface area contributed by atoms with Crippen molar-refractivity contribution in [2.75, 3.05) is 37.4 Å². The molecular weight excluding hydrogens is 425 g/mol. The van der Waals surface area contributed by atoms with Crippen molar-refractivity contribution < 1.29 is 14.0 Å². The first-order valence-corrected chi connectivity index (χ1v) is 11.3. The summed E-state index contributed by atoms with van der Waals surface area (Å²) in [5, 5.41) is 4.11. The van der Waals surface area contributed by atoms with Gasteiger partial charge in [-0.3, -0.25) is 9.59 Å². The summed E-state index contributed by atoms with van der Waals surface area (Å²) in [6.45, 7) is 3.13. The second kappa shape index (κ2) is 8.27. The number of hydrogen-bond donors (Lipinski definition) is 1. The van der Waals surface area contributed by atoms with Crippen LogP contribution in [0.1, 0.15) is 28.2 Å². The fourth-order valence-corrected chi connectivity index (χ4v) is 5.45. The van der Waals surface area contributed by atoms with Crippen molar-refractivity contribution in [3.63, 3.8) is 0 Å². The predicted octanol–water partition coefficient (Wildman–Crippen LogP) is 3.76. The molecule has 1 N–H and O–H groups in total. The van der Waals surface area contributed by atoms with Gasteiger partial charge in [-0.25, -0.2) is 14.4 Å². The largest absolute Gasteiger partial charge is 0.348 e. The molecule has 10 heteroatoms. The molecule has 3 aromatic rings. The Morgan fingerprint density at radius 3 is 2.60 bits per heavy atom. The number of thiazole rings is 2. The molecule has 0 aliphatic carbocycles. The zero-order chi connectivity index (χ0) is 21.4. The highest BCUT2D eigenvalue weighted by molar-refractivity contribution is 7.22. The van der Waals surface area contributed by atoms with Gasteiger partial charge in [0.1, 0.15) is 16.2 Å². The number of para-hydroxylation sites is 1. The standard InChI is InChI=1S/C20H22FN5O2S2/c1-11-16(18(28)25(2)3)30-19(22-11)24-17(27)12-7-9-26(10-8-12)20-23-15-13(21)5-4-6-14(15)29-20/h4-6,12H,7-10H2,1-3H3,(H,22,24,27). The molecule has 30 heavy (non-hydrogen) atoms. The van der Waals surface area contributed by atoms with Gasteiger partial charge in [-0.15, -0.1) is 0 Å². The molecule has 0 saturated carbocycles. The van der Waals surface area contributed by atoms with Gasteiger partial charge in [-0.05, 0) is 31.9 Å². The van der Waals surface area contributed by atoms with E-state index >= 15 is 0 Å². The highest BCUT2D eigenvalue weighted by Gasteiger charge is 2.28. The quantitative estimate of drug-likeness (QED) is 0.659. The van der Waals surface area contributed by atoms with E-state index in [1.807, 2.05) is 6.07 Å². The minimum absolute atomic E-state index is 0.0809. The number of hydrogen-bond acceptors (Lipinski definition) is 7. The van der Waals surface area contributed by atoms with Crippen LogP contribution in [0.3, 0.4) is 0 Å².